The Bertz CT molecular complexity index is 598. The first-order valence-electron chi connectivity index (χ1n) is 8.32. The lowest BCUT2D eigenvalue weighted by atomic mass is 9.99. The van der Waals surface area contributed by atoms with Crippen molar-refractivity contribution in [1.29, 1.82) is 0 Å². The van der Waals surface area contributed by atoms with Crippen LogP contribution in [0.2, 0.25) is 0 Å². The summed E-state index contributed by atoms with van der Waals surface area (Å²) in [6, 6.07) is 3.64. The van der Waals surface area contributed by atoms with E-state index in [0.717, 1.165) is 32.4 Å². The van der Waals surface area contributed by atoms with Crippen molar-refractivity contribution < 1.29 is 4.79 Å². The number of carbonyl (C=O) groups is 1. The molecule has 120 valence electrons. The molecule has 1 aromatic rings. The van der Waals surface area contributed by atoms with Gasteiger partial charge in [-0.25, -0.2) is 4.68 Å². The first-order chi connectivity index (χ1) is 10.7. The van der Waals surface area contributed by atoms with Crippen molar-refractivity contribution >= 4 is 5.91 Å². The number of piperidine rings is 1. The molecule has 6 heteroatoms. The summed E-state index contributed by atoms with van der Waals surface area (Å²) < 4.78 is 1.37. The van der Waals surface area contributed by atoms with Crippen LogP contribution < -0.4 is 10.9 Å². The summed E-state index contributed by atoms with van der Waals surface area (Å²) in [4.78, 5) is 26.6. The molecule has 3 heterocycles. The Labute approximate surface area is 130 Å². The molecule has 0 radical (unpaired) electrons. The van der Waals surface area contributed by atoms with Crippen LogP contribution >= 0.6 is 0 Å². The third-order valence-electron chi connectivity index (χ3n) is 4.71. The smallest absolute Gasteiger partial charge is 0.271 e. The van der Waals surface area contributed by atoms with Crippen LogP contribution in [-0.4, -0.2) is 45.8 Å². The molecule has 0 bridgehead atoms. The van der Waals surface area contributed by atoms with Crippen LogP contribution in [0, 0.1) is 0 Å². The Hall–Kier alpha value is -1.69. The van der Waals surface area contributed by atoms with E-state index in [1.54, 1.807) is 0 Å². The van der Waals surface area contributed by atoms with E-state index in [1.165, 1.54) is 29.7 Å². The van der Waals surface area contributed by atoms with Gasteiger partial charge in [0.15, 0.2) is 0 Å². The lowest BCUT2D eigenvalue weighted by Gasteiger charge is -2.32. The monoisotopic (exact) mass is 304 g/mol. The summed E-state index contributed by atoms with van der Waals surface area (Å²) in [5, 5.41) is 7.31. The first kappa shape index (κ1) is 15.2. The Morgan fingerprint density at radius 1 is 1.32 bits per heavy atom. The van der Waals surface area contributed by atoms with Crippen LogP contribution in [0.3, 0.4) is 0 Å². The molecule has 2 atom stereocenters. The average molecular weight is 304 g/mol. The topological polar surface area (TPSA) is 67.2 Å². The number of aryl methyl sites for hydroxylation is 1. The largest absolute Gasteiger partial charge is 0.346 e. The zero-order valence-electron chi connectivity index (χ0n) is 13.1. The molecule has 0 saturated carbocycles. The van der Waals surface area contributed by atoms with Crippen LogP contribution in [0.25, 0.3) is 0 Å². The van der Waals surface area contributed by atoms with Crippen LogP contribution in [0.1, 0.15) is 49.5 Å². The van der Waals surface area contributed by atoms with Crippen LogP contribution in [0.5, 0.6) is 0 Å². The Balaban J connectivity index is 1.69. The number of rotatable bonds is 4. The van der Waals surface area contributed by atoms with Gasteiger partial charge in [0.1, 0.15) is 5.69 Å². The SMILES string of the molecule is CCCn1nc(C(=O)N[C@H]2CCN3CCCC[C@@H]23)ccc1=O. The van der Waals surface area contributed by atoms with E-state index < -0.39 is 0 Å². The molecule has 3 rings (SSSR count). The number of carbonyl (C=O) groups excluding carboxylic acids is 1. The molecule has 1 N–H and O–H groups in total. The van der Waals surface area contributed by atoms with E-state index in [0.29, 0.717) is 18.3 Å². The highest BCUT2D eigenvalue weighted by Gasteiger charge is 2.36. The van der Waals surface area contributed by atoms with Crippen LogP contribution in [-0.2, 0) is 6.54 Å². The van der Waals surface area contributed by atoms with Gasteiger partial charge in [0.2, 0.25) is 0 Å². The third kappa shape index (κ3) is 3.06. The highest BCUT2D eigenvalue weighted by molar-refractivity contribution is 5.92. The summed E-state index contributed by atoms with van der Waals surface area (Å²) >= 11 is 0. The molecule has 2 aliphatic heterocycles. The van der Waals surface area contributed by atoms with Gasteiger partial charge in [-0.05, 0) is 38.3 Å². The molecule has 2 saturated heterocycles. The number of nitrogens with one attached hydrogen (secondary N) is 1. The maximum absolute atomic E-state index is 12.4. The molecule has 22 heavy (non-hydrogen) atoms. The van der Waals surface area contributed by atoms with Crippen LogP contribution in [0.4, 0.5) is 0 Å². The summed E-state index contributed by atoms with van der Waals surface area (Å²) in [6.07, 6.45) is 5.49. The van der Waals surface area contributed by atoms with Crippen molar-refractivity contribution in [2.24, 2.45) is 0 Å². The first-order valence-corrected chi connectivity index (χ1v) is 8.32. The number of hydrogen-bond donors (Lipinski definition) is 1. The molecule has 0 spiro atoms. The number of aromatic nitrogens is 2. The highest BCUT2D eigenvalue weighted by atomic mass is 16.2. The Morgan fingerprint density at radius 3 is 3.00 bits per heavy atom. The van der Waals surface area contributed by atoms with Gasteiger partial charge in [-0.2, -0.15) is 5.10 Å². The van der Waals surface area contributed by atoms with E-state index in [-0.39, 0.29) is 17.5 Å². The second kappa shape index (κ2) is 6.60. The van der Waals surface area contributed by atoms with Crippen molar-refractivity contribution in [3.63, 3.8) is 0 Å². The van der Waals surface area contributed by atoms with Crippen molar-refractivity contribution in [3.05, 3.63) is 28.2 Å². The summed E-state index contributed by atoms with van der Waals surface area (Å²) in [7, 11) is 0. The number of nitrogens with zero attached hydrogens (tertiary/aromatic N) is 3. The van der Waals surface area contributed by atoms with Gasteiger partial charge in [-0.1, -0.05) is 13.3 Å². The molecule has 2 aliphatic rings. The lowest BCUT2D eigenvalue weighted by Crippen LogP contribution is -2.47. The number of amides is 1. The predicted octanol–water partition coefficient (Wildman–Crippen LogP) is 1.01. The maximum atomic E-state index is 12.4. The van der Waals surface area contributed by atoms with Gasteiger partial charge in [-0.15, -0.1) is 0 Å². The Kier molecular flexibility index (Phi) is 4.57. The molecule has 1 amide bonds. The second-order valence-electron chi connectivity index (χ2n) is 6.25. The van der Waals surface area contributed by atoms with Crippen molar-refractivity contribution in [1.82, 2.24) is 20.0 Å². The lowest BCUT2D eigenvalue weighted by molar-refractivity contribution is 0.0907. The minimum Gasteiger partial charge on any atom is -0.346 e. The van der Waals surface area contributed by atoms with Gasteiger partial charge < -0.3 is 5.32 Å². The normalized spacial score (nSPS) is 25.0. The van der Waals surface area contributed by atoms with E-state index in [2.05, 4.69) is 15.3 Å². The zero-order valence-corrected chi connectivity index (χ0v) is 13.1. The second-order valence-corrected chi connectivity index (χ2v) is 6.25. The summed E-state index contributed by atoms with van der Waals surface area (Å²) in [6.45, 7) is 4.74. The highest BCUT2D eigenvalue weighted by Crippen LogP contribution is 2.27. The van der Waals surface area contributed by atoms with Crippen molar-refractivity contribution in [2.75, 3.05) is 13.1 Å². The third-order valence-corrected chi connectivity index (χ3v) is 4.71. The van der Waals surface area contributed by atoms with E-state index >= 15 is 0 Å². The van der Waals surface area contributed by atoms with Gasteiger partial charge >= 0.3 is 0 Å². The predicted molar refractivity (Wildman–Crippen MR) is 83.9 cm³/mol. The fourth-order valence-corrected chi connectivity index (χ4v) is 3.60. The molecule has 0 unspecified atom stereocenters. The van der Waals surface area contributed by atoms with Gasteiger partial charge in [-0.3, -0.25) is 14.5 Å². The maximum Gasteiger partial charge on any atom is 0.271 e. The molecular weight excluding hydrogens is 280 g/mol. The van der Waals surface area contributed by atoms with Gasteiger partial charge in [0.05, 0.1) is 0 Å². The number of fused-ring (bicyclic) bond motifs is 1. The standard InChI is InChI=1S/C16H24N4O2/c1-2-9-20-15(21)7-6-13(18-20)16(22)17-12-8-11-19-10-4-3-5-14(12)19/h6-7,12,14H,2-5,8-11H2,1H3,(H,17,22)/t12-,14-/m0/s1. The fourth-order valence-electron chi connectivity index (χ4n) is 3.60. The summed E-state index contributed by atoms with van der Waals surface area (Å²) in [5.41, 5.74) is 0.181. The quantitative estimate of drug-likeness (QED) is 0.901. The average Bonchev–Trinajstić information content (AvgIpc) is 2.93. The molecule has 0 aromatic carbocycles. The fraction of sp³-hybridized carbons (Fsp3) is 0.688. The minimum atomic E-state index is -0.165. The molecule has 1 aromatic heterocycles. The Morgan fingerprint density at radius 2 is 2.18 bits per heavy atom. The molecular formula is C16H24N4O2. The van der Waals surface area contributed by atoms with E-state index in [1.807, 2.05) is 6.92 Å². The minimum absolute atomic E-state index is 0.155. The van der Waals surface area contributed by atoms with Crippen molar-refractivity contribution in [3.8, 4) is 0 Å². The zero-order chi connectivity index (χ0) is 15.5. The van der Waals surface area contributed by atoms with Crippen LogP contribution in [0.15, 0.2) is 16.9 Å². The van der Waals surface area contributed by atoms with E-state index in [9.17, 15) is 9.59 Å². The molecule has 0 aliphatic carbocycles. The van der Waals surface area contributed by atoms with E-state index in [4.69, 9.17) is 0 Å². The molecule has 2 fully saturated rings. The van der Waals surface area contributed by atoms with Gasteiger partial charge in [0.25, 0.3) is 11.5 Å². The molecule has 6 nitrogen and oxygen atoms in total. The van der Waals surface area contributed by atoms with Gasteiger partial charge in [0, 0.05) is 31.2 Å². The number of hydrogen-bond acceptors (Lipinski definition) is 4. The summed E-state index contributed by atoms with van der Waals surface area (Å²) in [5.74, 6) is -0.165. The van der Waals surface area contributed by atoms with Crippen molar-refractivity contribution in [2.45, 2.75) is 57.7 Å².